The molecule has 1 aliphatic heterocycles. The van der Waals surface area contributed by atoms with Crippen LogP contribution in [0.2, 0.25) is 0 Å². The summed E-state index contributed by atoms with van der Waals surface area (Å²) in [5.74, 6) is -0.213. The molecule has 82 valence electrons. The van der Waals surface area contributed by atoms with Crippen molar-refractivity contribution in [3.63, 3.8) is 0 Å². The summed E-state index contributed by atoms with van der Waals surface area (Å²) >= 11 is 1.71. The van der Waals surface area contributed by atoms with E-state index < -0.39 is 0 Å². The SMILES string of the molecule is CC1Nc2cc(F)ccc2SC1CCO. The van der Waals surface area contributed by atoms with E-state index in [2.05, 4.69) is 12.2 Å². The van der Waals surface area contributed by atoms with Crippen molar-refractivity contribution in [1.82, 2.24) is 0 Å². The molecule has 2 atom stereocenters. The second-order valence-corrected chi connectivity index (χ2v) is 5.02. The normalized spacial score (nSPS) is 24.5. The summed E-state index contributed by atoms with van der Waals surface area (Å²) in [5, 5.41) is 12.5. The van der Waals surface area contributed by atoms with E-state index in [1.54, 1.807) is 17.8 Å². The van der Waals surface area contributed by atoms with Crippen LogP contribution in [0, 0.1) is 5.82 Å². The predicted octanol–water partition coefficient (Wildman–Crippen LogP) is 2.48. The van der Waals surface area contributed by atoms with Gasteiger partial charge in [0.2, 0.25) is 0 Å². The van der Waals surface area contributed by atoms with Crippen LogP contribution in [0.3, 0.4) is 0 Å². The number of anilines is 1. The van der Waals surface area contributed by atoms with Gasteiger partial charge < -0.3 is 10.4 Å². The van der Waals surface area contributed by atoms with Gasteiger partial charge in [-0.1, -0.05) is 0 Å². The fourth-order valence-electron chi connectivity index (χ4n) is 1.76. The van der Waals surface area contributed by atoms with Crippen molar-refractivity contribution in [2.45, 2.75) is 29.5 Å². The first-order valence-electron chi connectivity index (χ1n) is 5.04. The summed E-state index contributed by atoms with van der Waals surface area (Å²) in [7, 11) is 0. The van der Waals surface area contributed by atoms with Crippen LogP contribution in [0.15, 0.2) is 23.1 Å². The zero-order chi connectivity index (χ0) is 10.8. The molecule has 0 spiro atoms. The third kappa shape index (κ3) is 2.26. The van der Waals surface area contributed by atoms with Crippen LogP contribution < -0.4 is 5.32 Å². The monoisotopic (exact) mass is 227 g/mol. The fourth-order valence-corrected chi connectivity index (χ4v) is 2.97. The Morgan fingerprint density at radius 2 is 2.33 bits per heavy atom. The molecule has 0 saturated carbocycles. The smallest absolute Gasteiger partial charge is 0.125 e. The Bertz CT molecular complexity index is 358. The third-order valence-electron chi connectivity index (χ3n) is 2.57. The molecule has 2 N–H and O–H groups in total. The molecule has 1 aromatic carbocycles. The number of halogens is 1. The van der Waals surface area contributed by atoms with E-state index in [1.165, 1.54) is 12.1 Å². The molecule has 15 heavy (non-hydrogen) atoms. The number of hydrogen-bond acceptors (Lipinski definition) is 3. The van der Waals surface area contributed by atoms with Crippen LogP contribution in [0.4, 0.5) is 10.1 Å². The van der Waals surface area contributed by atoms with E-state index in [9.17, 15) is 4.39 Å². The maximum Gasteiger partial charge on any atom is 0.125 e. The molecule has 2 nitrogen and oxygen atoms in total. The fraction of sp³-hybridized carbons (Fsp3) is 0.455. The molecule has 0 amide bonds. The van der Waals surface area contributed by atoms with Gasteiger partial charge in [-0.25, -0.2) is 4.39 Å². The lowest BCUT2D eigenvalue weighted by molar-refractivity contribution is 0.284. The van der Waals surface area contributed by atoms with Crippen molar-refractivity contribution in [2.24, 2.45) is 0 Å². The average Bonchev–Trinajstić information content (AvgIpc) is 2.20. The molecule has 0 aliphatic carbocycles. The molecule has 1 heterocycles. The molecule has 0 radical (unpaired) electrons. The van der Waals surface area contributed by atoms with E-state index >= 15 is 0 Å². The van der Waals surface area contributed by atoms with Crippen molar-refractivity contribution in [3.8, 4) is 0 Å². The number of rotatable bonds is 2. The summed E-state index contributed by atoms with van der Waals surface area (Å²) in [5.41, 5.74) is 0.863. The second-order valence-electron chi connectivity index (χ2n) is 3.74. The first-order chi connectivity index (χ1) is 7.20. The van der Waals surface area contributed by atoms with Gasteiger partial charge in [0.05, 0.1) is 5.69 Å². The number of aliphatic hydroxyl groups excluding tert-OH is 1. The molecule has 1 aromatic rings. The van der Waals surface area contributed by atoms with Gasteiger partial charge in [-0.05, 0) is 31.5 Å². The van der Waals surface area contributed by atoms with Crippen molar-refractivity contribution >= 4 is 17.4 Å². The Morgan fingerprint density at radius 3 is 3.07 bits per heavy atom. The first-order valence-corrected chi connectivity index (χ1v) is 5.92. The van der Waals surface area contributed by atoms with Gasteiger partial charge in [-0.3, -0.25) is 0 Å². The minimum absolute atomic E-state index is 0.195. The van der Waals surface area contributed by atoms with Crippen LogP contribution in [0.25, 0.3) is 0 Å². The molecular weight excluding hydrogens is 213 g/mol. The van der Waals surface area contributed by atoms with E-state index in [0.29, 0.717) is 5.25 Å². The molecule has 0 saturated heterocycles. The molecule has 0 aromatic heterocycles. The molecule has 2 unspecified atom stereocenters. The summed E-state index contributed by atoms with van der Waals surface area (Å²) in [4.78, 5) is 1.06. The van der Waals surface area contributed by atoms with Gasteiger partial charge in [-0.2, -0.15) is 0 Å². The van der Waals surface area contributed by atoms with Crippen molar-refractivity contribution in [2.75, 3.05) is 11.9 Å². The van der Waals surface area contributed by atoms with Crippen LogP contribution in [0.5, 0.6) is 0 Å². The number of hydrogen-bond donors (Lipinski definition) is 2. The van der Waals surface area contributed by atoms with Crippen molar-refractivity contribution < 1.29 is 9.50 Å². The van der Waals surface area contributed by atoms with E-state index in [4.69, 9.17) is 5.11 Å². The van der Waals surface area contributed by atoms with Gasteiger partial charge in [0.15, 0.2) is 0 Å². The van der Waals surface area contributed by atoms with Gasteiger partial charge in [0.25, 0.3) is 0 Å². The molecule has 0 fully saturated rings. The van der Waals surface area contributed by atoms with Gasteiger partial charge in [0.1, 0.15) is 5.82 Å². The molecule has 0 bridgehead atoms. The lowest BCUT2D eigenvalue weighted by atomic mass is 10.1. The Hall–Kier alpha value is -0.740. The minimum atomic E-state index is -0.213. The summed E-state index contributed by atoms with van der Waals surface area (Å²) in [6.07, 6.45) is 0.760. The Labute approximate surface area is 92.9 Å². The second kappa shape index (κ2) is 4.41. The van der Waals surface area contributed by atoms with Crippen molar-refractivity contribution in [1.29, 1.82) is 0 Å². The molecule has 2 rings (SSSR count). The summed E-state index contributed by atoms with van der Waals surface area (Å²) in [6, 6.07) is 5.04. The lowest BCUT2D eigenvalue weighted by Crippen LogP contribution is -2.32. The summed E-state index contributed by atoms with van der Waals surface area (Å²) in [6.45, 7) is 2.25. The zero-order valence-electron chi connectivity index (χ0n) is 8.53. The highest BCUT2D eigenvalue weighted by Gasteiger charge is 2.25. The minimum Gasteiger partial charge on any atom is -0.396 e. The van der Waals surface area contributed by atoms with Crippen LogP contribution in [0.1, 0.15) is 13.3 Å². The Morgan fingerprint density at radius 1 is 1.53 bits per heavy atom. The van der Waals surface area contributed by atoms with Gasteiger partial charge in [-0.15, -0.1) is 11.8 Å². The maximum absolute atomic E-state index is 13.0. The number of thioether (sulfide) groups is 1. The highest BCUT2D eigenvalue weighted by molar-refractivity contribution is 8.00. The standard InChI is InChI=1S/C11H14FNOS/c1-7-10(4-5-14)15-11-3-2-8(12)6-9(11)13-7/h2-3,6-7,10,13-14H,4-5H2,1H3. The first kappa shape index (κ1) is 10.8. The number of nitrogens with one attached hydrogen (secondary N) is 1. The average molecular weight is 227 g/mol. The van der Waals surface area contributed by atoms with E-state index in [0.717, 1.165) is 17.0 Å². The Balaban J connectivity index is 2.22. The van der Waals surface area contributed by atoms with Crippen LogP contribution >= 0.6 is 11.8 Å². The number of aliphatic hydroxyl groups is 1. The molecule has 1 aliphatic rings. The summed E-state index contributed by atoms with van der Waals surface area (Å²) < 4.78 is 13.0. The highest BCUT2D eigenvalue weighted by Crippen LogP contribution is 2.39. The third-order valence-corrected chi connectivity index (χ3v) is 4.13. The topological polar surface area (TPSA) is 32.3 Å². The molecule has 4 heteroatoms. The lowest BCUT2D eigenvalue weighted by Gasteiger charge is -2.31. The van der Waals surface area contributed by atoms with Crippen LogP contribution in [-0.4, -0.2) is 23.0 Å². The quantitative estimate of drug-likeness (QED) is 0.814. The van der Waals surface area contributed by atoms with Crippen molar-refractivity contribution in [3.05, 3.63) is 24.0 Å². The highest BCUT2D eigenvalue weighted by atomic mass is 32.2. The van der Waals surface area contributed by atoms with E-state index in [-0.39, 0.29) is 18.5 Å². The van der Waals surface area contributed by atoms with E-state index in [1.807, 2.05) is 0 Å². The van der Waals surface area contributed by atoms with Gasteiger partial charge in [0, 0.05) is 22.8 Å². The zero-order valence-corrected chi connectivity index (χ0v) is 9.35. The Kier molecular flexibility index (Phi) is 3.17. The maximum atomic E-state index is 13.0. The number of benzene rings is 1. The molecular formula is C11H14FNOS. The number of fused-ring (bicyclic) bond motifs is 1. The van der Waals surface area contributed by atoms with Crippen LogP contribution in [-0.2, 0) is 0 Å². The largest absolute Gasteiger partial charge is 0.396 e. The predicted molar refractivity (Wildman–Crippen MR) is 60.8 cm³/mol. The van der Waals surface area contributed by atoms with Gasteiger partial charge >= 0.3 is 0 Å².